The Morgan fingerprint density at radius 1 is 0.714 bits per heavy atom. The lowest BCUT2D eigenvalue weighted by atomic mass is 9.89. The molecule has 0 fully saturated rings. The maximum atomic E-state index is 13.4. The minimum atomic E-state index is -0.145. The quantitative estimate of drug-likeness (QED) is 0.536. The third-order valence-corrected chi connectivity index (χ3v) is 5.44. The molecule has 3 heteroatoms. The molecule has 0 saturated heterocycles. The molecule has 3 nitrogen and oxygen atoms in total. The van der Waals surface area contributed by atoms with Crippen LogP contribution in [0.5, 0.6) is 5.75 Å². The summed E-state index contributed by atoms with van der Waals surface area (Å²) in [5.74, 6) is 0.0466. The Morgan fingerprint density at radius 2 is 1.29 bits per heavy atom. The second kappa shape index (κ2) is 6.54. The van der Waals surface area contributed by atoms with Crippen LogP contribution in [0.1, 0.15) is 5.56 Å². The predicted octanol–water partition coefficient (Wildman–Crippen LogP) is 5.11. The smallest absolute Gasteiger partial charge is 0.262 e. The molecule has 0 radical (unpaired) electrons. The molecule has 0 saturated carbocycles. The molecule has 5 rings (SSSR count). The molecule has 1 aliphatic heterocycles. The zero-order valence-electron chi connectivity index (χ0n) is 15.3. The molecule has 1 N–H and O–H groups in total. The summed E-state index contributed by atoms with van der Waals surface area (Å²) < 4.78 is 1.83. The van der Waals surface area contributed by atoms with E-state index in [1.54, 1.807) is 0 Å². The van der Waals surface area contributed by atoms with E-state index >= 15 is 0 Å². The number of aryl methyl sites for hydroxylation is 1. The average molecular weight is 365 g/mol. The first-order valence-electron chi connectivity index (χ1n) is 9.44. The van der Waals surface area contributed by atoms with Gasteiger partial charge in [0.25, 0.3) is 5.56 Å². The van der Waals surface area contributed by atoms with Crippen molar-refractivity contribution in [3.63, 3.8) is 0 Å². The largest absolute Gasteiger partial charge is 0.506 e. The Balaban J connectivity index is 1.94. The Morgan fingerprint density at radius 3 is 1.96 bits per heavy atom. The summed E-state index contributed by atoms with van der Waals surface area (Å²) >= 11 is 0. The lowest BCUT2D eigenvalue weighted by Crippen LogP contribution is -2.28. The van der Waals surface area contributed by atoms with Crippen LogP contribution in [0.3, 0.4) is 0 Å². The zero-order valence-corrected chi connectivity index (χ0v) is 15.3. The number of fused-ring (bicyclic) bond motifs is 3. The first kappa shape index (κ1) is 16.6. The van der Waals surface area contributed by atoms with Gasteiger partial charge in [-0.1, -0.05) is 84.9 Å². The van der Waals surface area contributed by atoms with Crippen LogP contribution in [-0.4, -0.2) is 9.67 Å². The second-order valence-corrected chi connectivity index (χ2v) is 7.04. The fraction of sp³-hybridized carbons (Fsp3) is 0.0800. The molecule has 0 aliphatic carbocycles. The number of rotatable bonds is 2. The van der Waals surface area contributed by atoms with Crippen molar-refractivity contribution >= 4 is 0 Å². The lowest BCUT2D eigenvalue weighted by molar-refractivity contribution is 0.475. The third kappa shape index (κ3) is 2.48. The number of aromatic hydroxyl groups is 1. The number of pyridine rings is 1. The number of hydrogen-bond donors (Lipinski definition) is 1. The van der Waals surface area contributed by atoms with Crippen molar-refractivity contribution in [2.75, 3.05) is 0 Å². The highest BCUT2D eigenvalue weighted by Crippen LogP contribution is 2.44. The summed E-state index contributed by atoms with van der Waals surface area (Å²) in [7, 11) is 0. The SMILES string of the molecule is O=c1c(-c2ccccc2)c(O)c(-c2ccccc2)c2n1CCc1ccccc1-2. The molecule has 1 aromatic heterocycles. The van der Waals surface area contributed by atoms with Gasteiger partial charge in [-0.3, -0.25) is 4.79 Å². The summed E-state index contributed by atoms with van der Waals surface area (Å²) in [6.07, 6.45) is 0.802. The van der Waals surface area contributed by atoms with Crippen molar-refractivity contribution in [2.24, 2.45) is 0 Å². The second-order valence-electron chi connectivity index (χ2n) is 7.04. The molecular formula is C25H19NO2. The van der Waals surface area contributed by atoms with E-state index in [2.05, 4.69) is 6.07 Å². The molecular weight excluding hydrogens is 346 g/mol. The van der Waals surface area contributed by atoms with Crippen LogP contribution in [-0.2, 0) is 13.0 Å². The summed E-state index contributed by atoms with van der Waals surface area (Å²) in [4.78, 5) is 13.4. The fourth-order valence-corrected chi connectivity index (χ4v) is 4.15. The maximum Gasteiger partial charge on any atom is 0.262 e. The number of nitrogens with zero attached hydrogens (tertiary/aromatic N) is 1. The Hall–Kier alpha value is -3.59. The van der Waals surface area contributed by atoms with E-state index in [4.69, 9.17) is 0 Å². The molecule has 4 aromatic rings. The highest BCUT2D eigenvalue weighted by Gasteiger charge is 2.27. The van der Waals surface area contributed by atoms with Crippen LogP contribution < -0.4 is 5.56 Å². The highest BCUT2D eigenvalue weighted by atomic mass is 16.3. The van der Waals surface area contributed by atoms with Gasteiger partial charge in [-0.2, -0.15) is 0 Å². The van der Waals surface area contributed by atoms with E-state index < -0.39 is 0 Å². The van der Waals surface area contributed by atoms with Gasteiger partial charge in [-0.05, 0) is 23.1 Å². The molecule has 28 heavy (non-hydrogen) atoms. The zero-order chi connectivity index (χ0) is 19.1. The summed E-state index contributed by atoms with van der Waals surface area (Å²) in [5, 5.41) is 11.3. The average Bonchev–Trinajstić information content (AvgIpc) is 2.75. The van der Waals surface area contributed by atoms with E-state index in [0.717, 1.165) is 28.8 Å². The first-order chi connectivity index (χ1) is 13.8. The normalized spacial score (nSPS) is 12.3. The van der Waals surface area contributed by atoms with Crippen molar-refractivity contribution < 1.29 is 5.11 Å². The van der Waals surface area contributed by atoms with Crippen LogP contribution in [0.2, 0.25) is 0 Å². The van der Waals surface area contributed by atoms with Crippen LogP contribution in [0, 0.1) is 0 Å². The third-order valence-electron chi connectivity index (χ3n) is 5.44. The molecule has 3 aromatic carbocycles. The van der Waals surface area contributed by atoms with E-state index in [9.17, 15) is 9.90 Å². The van der Waals surface area contributed by atoms with E-state index in [1.807, 2.05) is 83.4 Å². The van der Waals surface area contributed by atoms with Crippen molar-refractivity contribution in [1.29, 1.82) is 0 Å². The maximum absolute atomic E-state index is 13.4. The van der Waals surface area contributed by atoms with E-state index in [1.165, 1.54) is 5.56 Å². The first-order valence-corrected chi connectivity index (χ1v) is 9.44. The van der Waals surface area contributed by atoms with Gasteiger partial charge in [0.1, 0.15) is 5.75 Å². The number of hydrogen-bond acceptors (Lipinski definition) is 2. The van der Waals surface area contributed by atoms with Crippen molar-refractivity contribution in [3.8, 4) is 39.3 Å². The predicted molar refractivity (Wildman–Crippen MR) is 112 cm³/mol. The Bertz CT molecular complexity index is 1220. The summed E-state index contributed by atoms with van der Waals surface area (Å²) in [6, 6.07) is 27.4. The van der Waals surface area contributed by atoms with Gasteiger partial charge >= 0.3 is 0 Å². The summed E-state index contributed by atoms with van der Waals surface area (Å²) in [6.45, 7) is 0.602. The molecule has 0 spiro atoms. The molecule has 0 atom stereocenters. The molecule has 2 heterocycles. The van der Waals surface area contributed by atoms with E-state index in [0.29, 0.717) is 17.7 Å². The van der Waals surface area contributed by atoms with Gasteiger partial charge in [-0.15, -0.1) is 0 Å². The van der Waals surface area contributed by atoms with Crippen LogP contribution in [0.15, 0.2) is 89.7 Å². The summed E-state index contributed by atoms with van der Waals surface area (Å²) in [5.41, 5.74) is 5.58. The Labute approximate surface area is 163 Å². The number of aromatic nitrogens is 1. The highest BCUT2D eigenvalue weighted by molar-refractivity contribution is 5.92. The standard InChI is InChI=1S/C25H19NO2/c27-24-21(18-10-3-1-4-11-18)23-20-14-8-7-9-17(20)15-16-26(23)25(28)22(24)19-12-5-2-6-13-19/h1-14,27H,15-16H2. The van der Waals surface area contributed by atoms with Crippen LogP contribution >= 0.6 is 0 Å². The monoisotopic (exact) mass is 365 g/mol. The van der Waals surface area contributed by atoms with Crippen LogP contribution in [0.4, 0.5) is 0 Å². The molecule has 0 amide bonds. The Kier molecular flexibility index (Phi) is 3.87. The minimum Gasteiger partial charge on any atom is -0.506 e. The van der Waals surface area contributed by atoms with Gasteiger partial charge in [0.05, 0.1) is 11.3 Å². The van der Waals surface area contributed by atoms with Crippen molar-refractivity contribution in [2.45, 2.75) is 13.0 Å². The van der Waals surface area contributed by atoms with Crippen molar-refractivity contribution in [1.82, 2.24) is 4.57 Å². The van der Waals surface area contributed by atoms with Crippen LogP contribution in [0.25, 0.3) is 33.5 Å². The number of benzene rings is 3. The molecule has 136 valence electrons. The van der Waals surface area contributed by atoms with Gasteiger partial charge in [0, 0.05) is 17.7 Å². The molecule has 0 unspecified atom stereocenters. The van der Waals surface area contributed by atoms with Gasteiger partial charge in [-0.25, -0.2) is 0 Å². The fourth-order valence-electron chi connectivity index (χ4n) is 4.15. The molecule has 1 aliphatic rings. The van der Waals surface area contributed by atoms with Gasteiger partial charge in [0.15, 0.2) is 0 Å². The van der Waals surface area contributed by atoms with E-state index in [-0.39, 0.29) is 11.3 Å². The molecule has 0 bridgehead atoms. The lowest BCUT2D eigenvalue weighted by Gasteiger charge is -2.26. The van der Waals surface area contributed by atoms with Gasteiger partial charge < -0.3 is 9.67 Å². The van der Waals surface area contributed by atoms with Gasteiger partial charge in [0.2, 0.25) is 0 Å². The topological polar surface area (TPSA) is 42.2 Å². The minimum absolute atomic E-state index is 0.0466. The van der Waals surface area contributed by atoms with Crippen molar-refractivity contribution in [3.05, 3.63) is 101 Å².